The summed E-state index contributed by atoms with van der Waals surface area (Å²) in [7, 11) is 1.59. The maximum atomic E-state index is 12.3. The number of anilines is 2. The summed E-state index contributed by atoms with van der Waals surface area (Å²) >= 11 is 1.26. The van der Waals surface area contributed by atoms with Crippen LogP contribution in [-0.4, -0.2) is 22.9 Å². The Labute approximate surface area is 152 Å². The van der Waals surface area contributed by atoms with Crippen LogP contribution in [0.4, 0.5) is 16.5 Å². The number of hydrogen-bond donors (Lipinski definition) is 2. The van der Waals surface area contributed by atoms with Gasteiger partial charge in [0.25, 0.3) is 11.6 Å². The van der Waals surface area contributed by atoms with Crippen molar-refractivity contribution in [3.8, 4) is 17.0 Å². The molecule has 0 aliphatic rings. The largest absolute Gasteiger partial charge is 0.497 e. The van der Waals surface area contributed by atoms with Crippen LogP contribution >= 0.6 is 11.3 Å². The third-order valence-corrected chi connectivity index (χ3v) is 4.36. The minimum Gasteiger partial charge on any atom is -0.497 e. The molecule has 132 valence electrons. The quantitative estimate of drug-likeness (QED) is 0.402. The van der Waals surface area contributed by atoms with Crippen LogP contribution in [0.5, 0.6) is 5.75 Å². The fourth-order valence-corrected chi connectivity index (χ4v) is 2.95. The monoisotopic (exact) mass is 370 g/mol. The van der Waals surface area contributed by atoms with Crippen LogP contribution < -0.4 is 15.8 Å². The van der Waals surface area contributed by atoms with Crippen LogP contribution in [0.25, 0.3) is 11.3 Å². The molecule has 0 aliphatic heterocycles. The van der Waals surface area contributed by atoms with Gasteiger partial charge in [-0.2, -0.15) is 0 Å². The molecule has 8 nitrogen and oxygen atoms in total. The Morgan fingerprint density at radius 3 is 2.65 bits per heavy atom. The number of methoxy groups -OCH3 is 1. The van der Waals surface area contributed by atoms with Gasteiger partial charge in [0.15, 0.2) is 5.13 Å². The lowest BCUT2D eigenvalue weighted by Gasteiger charge is -2.03. The molecule has 0 radical (unpaired) electrons. The maximum Gasteiger partial charge on any atom is 0.292 e. The van der Waals surface area contributed by atoms with Gasteiger partial charge in [0, 0.05) is 22.6 Å². The van der Waals surface area contributed by atoms with E-state index in [0.29, 0.717) is 10.8 Å². The van der Waals surface area contributed by atoms with E-state index in [2.05, 4.69) is 10.3 Å². The first kappa shape index (κ1) is 17.4. The molecule has 1 aromatic heterocycles. The molecule has 0 bridgehead atoms. The third-order valence-electron chi connectivity index (χ3n) is 3.60. The molecule has 0 fully saturated rings. The number of aromatic nitrogens is 1. The van der Waals surface area contributed by atoms with E-state index in [1.54, 1.807) is 7.11 Å². The van der Waals surface area contributed by atoms with E-state index in [-0.39, 0.29) is 16.9 Å². The molecule has 0 atom stereocenters. The highest BCUT2D eigenvalue weighted by Crippen LogP contribution is 2.27. The van der Waals surface area contributed by atoms with Gasteiger partial charge in [0.1, 0.15) is 11.4 Å². The van der Waals surface area contributed by atoms with Crippen molar-refractivity contribution in [1.29, 1.82) is 0 Å². The molecule has 9 heteroatoms. The van der Waals surface area contributed by atoms with E-state index in [1.165, 1.54) is 23.5 Å². The fraction of sp³-hybridized carbons (Fsp3) is 0.0588. The summed E-state index contributed by atoms with van der Waals surface area (Å²) in [6, 6.07) is 11.3. The number of nitrogens with zero attached hydrogens (tertiary/aromatic N) is 2. The van der Waals surface area contributed by atoms with Gasteiger partial charge in [-0.3, -0.25) is 20.2 Å². The molecule has 0 spiro atoms. The van der Waals surface area contributed by atoms with E-state index in [0.717, 1.165) is 17.4 Å². The Balaban J connectivity index is 1.77. The van der Waals surface area contributed by atoms with Crippen molar-refractivity contribution in [1.82, 2.24) is 4.98 Å². The van der Waals surface area contributed by atoms with Crippen LogP contribution in [0.2, 0.25) is 0 Å². The zero-order valence-corrected chi connectivity index (χ0v) is 14.4. The van der Waals surface area contributed by atoms with Crippen molar-refractivity contribution in [2.24, 2.45) is 0 Å². The van der Waals surface area contributed by atoms with Gasteiger partial charge in [-0.1, -0.05) is 0 Å². The summed E-state index contributed by atoms with van der Waals surface area (Å²) in [6.07, 6.45) is 0. The topological polar surface area (TPSA) is 120 Å². The highest BCUT2D eigenvalue weighted by Gasteiger charge is 2.16. The number of nitrogens with one attached hydrogen (secondary N) is 1. The minimum absolute atomic E-state index is 0.00240. The Morgan fingerprint density at radius 1 is 1.27 bits per heavy atom. The SMILES string of the molecule is COc1ccc(-c2csc(NC(=O)c3ccc(N)c([N+](=O)[O-])c3)n2)cc1. The number of carbonyl (C=O) groups excluding carboxylic acids is 1. The number of benzene rings is 2. The number of hydrogen-bond acceptors (Lipinski definition) is 7. The summed E-state index contributed by atoms with van der Waals surface area (Å²) < 4.78 is 5.12. The number of ether oxygens (including phenoxy) is 1. The predicted octanol–water partition coefficient (Wildman–Crippen LogP) is 3.56. The zero-order valence-electron chi connectivity index (χ0n) is 13.6. The van der Waals surface area contributed by atoms with Crippen LogP contribution in [0.1, 0.15) is 10.4 Å². The summed E-state index contributed by atoms with van der Waals surface area (Å²) in [5, 5.41) is 15.8. The van der Waals surface area contributed by atoms with E-state index in [1.807, 2.05) is 29.6 Å². The summed E-state index contributed by atoms with van der Waals surface area (Å²) in [5.41, 5.74) is 6.95. The first-order valence-electron chi connectivity index (χ1n) is 7.43. The van der Waals surface area contributed by atoms with E-state index in [9.17, 15) is 14.9 Å². The Kier molecular flexibility index (Phi) is 4.81. The highest BCUT2D eigenvalue weighted by molar-refractivity contribution is 7.14. The molecule has 0 aliphatic carbocycles. The van der Waals surface area contributed by atoms with Gasteiger partial charge in [-0.15, -0.1) is 11.3 Å². The zero-order chi connectivity index (χ0) is 18.7. The van der Waals surface area contributed by atoms with Gasteiger partial charge < -0.3 is 10.5 Å². The summed E-state index contributed by atoms with van der Waals surface area (Å²) in [4.78, 5) is 27.0. The highest BCUT2D eigenvalue weighted by atomic mass is 32.1. The number of nitrogens with two attached hydrogens (primary N) is 1. The second-order valence-corrected chi connectivity index (χ2v) is 6.11. The van der Waals surface area contributed by atoms with Gasteiger partial charge in [0.05, 0.1) is 17.7 Å². The average Bonchev–Trinajstić information content (AvgIpc) is 3.10. The number of thiazole rings is 1. The first-order valence-corrected chi connectivity index (χ1v) is 8.31. The molecular formula is C17H14N4O4S. The van der Waals surface area contributed by atoms with E-state index >= 15 is 0 Å². The molecule has 3 rings (SSSR count). The van der Waals surface area contributed by atoms with Crippen molar-refractivity contribution >= 4 is 33.8 Å². The number of amides is 1. The molecule has 3 aromatic rings. The lowest BCUT2D eigenvalue weighted by atomic mass is 10.1. The molecule has 2 aromatic carbocycles. The smallest absolute Gasteiger partial charge is 0.292 e. The maximum absolute atomic E-state index is 12.3. The molecule has 0 saturated carbocycles. The Bertz CT molecular complexity index is 969. The molecule has 0 unspecified atom stereocenters. The molecular weight excluding hydrogens is 356 g/mol. The molecule has 1 heterocycles. The molecule has 26 heavy (non-hydrogen) atoms. The lowest BCUT2D eigenvalue weighted by molar-refractivity contribution is -0.383. The predicted molar refractivity (Wildman–Crippen MR) is 99.6 cm³/mol. The van der Waals surface area contributed by atoms with Crippen LogP contribution in [0.15, 0.2) is 47.8 Å². The van der Waals surface area contributed by atoms with Crippen LogP contribution in [-0.2, 0) is 0 Å². The summed E-state index contributed by atoms with van der Waals surface area (Å²) in [5.74, 6) is 0.242. The summed E-state index contributed by atoms with van der Waals surface area (Å²) in [6.45, 7) is 0. The minimum atomic E-state index is -0.628. The van der Waals surface area contributed by atoms with Crippen molar-refractivity contribution in [2.45, 2.75) is 0 Å². The van der Waals surface area contributed by atoms with Gasteiger partial charge in [-0.05, 0) is 36.4 Å². The first-order chi connectivity index (χ1) is 12.5. The number of nitro groups is 1. The van der Waals surface area contributed by atoms with E-state index in [4.69, 9.17) is 10.5 Å². The Morgan fingerprint density at radius 2 is 2.00 bits per heavy atom. The second-order valence-electron chi connectivity index (χ2n) is 5.25. The van der Waals surface area contributed by atoms with Gasteiger partial charge in [-0.25, -0.2) is 4.98 Å². The second kappa shape index (κ2) is 7.19. The number of carbonyl (C=O) groups is 1. The van der Waals surface area contributed by atoms with Crippen molar-refractivity contribution in [3.05, 3.63) is 63.5 Å². The van der Waals surface area contributed by atoms with Crippen LogP contribution in [0, 0.1) is 10.1 Å². The number of rotatable bonds is 5. The van der Waals surface area contributed by atoms with Gasteiger partial charge >= 0.3 is 0 Å². The van der Waals surface area contributed by atoms with E-state index < -0.39 is 10.8 Å². The van der Waals surface area contributed by atoms with Crippen molar-refractivity contribution in [3.63, 3.8) is 0 Å². The molecule has 0 saturated heterocycles. The lowest BCUT2D eigenvalue weighted by Crippen LogP contribution is -2.12. The molecule has 1 amide bonds. The van der Waals surface area contributed by atoms with Crippen molar-refractivity contribution in [2.75, 3.05) is 18.2 Å². The fourth-order valence-electron chi connectivity index (χ4n) is 2.24. The number of nitrogen functional groups attached to an aromatic ring is 1. The van der Waals surface area contributed by atoms with Gasteiger partial charge in [0.2, 0.25) is 0 Å². The molecule has 3 N–H and O–H groups in total. The number of nitro benzene ring substituents is 1. The normalized spacial score (nSPS) is 10.3. The average molecular weight is 370 g/mol. The Hall–Kier alpha value is -3.46. The third kappa shape index (κ3) is 3.62. The van der Waals surface area contributed by atoms with Crippen LogP contribution in [0.3, 0.4) is 0 Å². The van der Waals surface area contributed by atoms with Crippen molar-refractivity contribution < 1.29 is 14.5 Å². The standard InChI is InChI=1S/C17H14N4O4S/c1-25-12-5-2-10(3-6-12)14-9-26-17(19-14)20-16(22)11-4-7-13(18)15(8-11)21(23)24/h2-9H,18H2,1H3,(H,19,20,22).